The maximum Gasteiger partial charge on any atom is 0.306 e. The van der Waals surface area contributed by atoms with Crippen molar-refractivity contribution >= 4 is 17.9 Å². The Morgan fingerprint density at radius 3 is 0.956 bits per heavy atom. The zero-order valence-electron chi connectivity index (χ0n) is 44.3. The zero-order chi connectivity index (χ0) is 49.3. The fourth-order valence-electron chi connectivity index (χ4n) is 7.54. The highest BCUT2D eigenvalue weighted by atomic mass is 16.6. The Morgan fingerprint density at radius 2 is 0.588 bits per heavy atom. The Kier molecular flexibility index (Phi) is 52.9. The van der Waals surface area contributed by atoms with Crippen LogP contribution in [0.15, 0.2) is 97.2 Å². The highest BCUT2D eigenvalue weighted by Gasteiger charge is 2.19. The molecule has 6 nitrogen and oxygen atoms in total. The largest absolute Gasteiger partial charge is 0.462 e. The molecule has 0 aromatic rings. The quantitative estimate of drug-likeness (QED) is 0.0262. The molecule has 6 heteroatoms. The molecule has 1 unspecified atom stereocenters. The van der Waals surface area contributed by atoms with Crippen LogP contribution >= 0.6 is 0 Å². The van der Waals surface area contributed by atoms with Gasteiger partial charge in [-0.05, 0) is 116 Å². The third-order valence-electron chi connectivity index (χ3n) is 11.8. The van der Waals surface area contributed by atoms with Gasteiger partial charge in [0.1, 0.15) is 13.2 Å². The predicted molar refractivity (Wildman–Crippen MR) is 293 cm³/mol. The van der Waals surface area contributed by atoms with Crippen LogP contribution in [0.1, 0.15) is 258 Å². The molecule has 0 fully saturated rings. The van der Waals surface area contributed by atoms with Gasteiger partial charge >= 0.3 is 17.9 Å². The van der Waals surface area contributed by atoms with Crippen molar-refractivity contribution in [2.24, 2.45) is 0 Å². The van der Waals surface area contributed by atoms with Crippen LogP contribution in [0.25, 0.3) is 0 Å². The number of carbonyl (C=O) groups excluding carboxylic acids is 3. The molecular weight excluding hydrogens is 841 g/mol. The van der Waals surface area contributed by atoms with Gasteiger partial charge in [0.2, 0.25) is 0 Å². The minimum Gasteiger partial charge on any atom is -0.462 e. The molecule has 0 rings (SSSR count). The first-order chi connectivity index (χ1) is 33.5. The molecule has 0 heterocycles. The topological polar surface area (TPSA) is 78.9 Å². The van der Waals surface area contributed by atoms with Crippen molar-refractivity contribution in [3.63, 3.8) is 0 Å². The van der Waals surface area contributed by atoms with Crippen LogP contribution in [0, 0.1) is 0 Å². The maximum atomic E-state index is 12.8. The molecule has 1 atom stereocenters. The van der Waals surface area contributed by atoms with E-state index in [0.717, 1.165) is 135 Å². The lowest BCUT2D eigenvalue weighted by Gasteiger charge is -2.18. The van der Waals surface area contributed by atoms with E-state index in [1.807, 2.05) is 0 Å². The zero-order valence-corrected chi connectivity index (χ0v) is 44.3. The summed E-state index contributed by atoms with van der Waals surface area (Å²) in [7, 11) is 0. The molecule has 0 aliphatic heterocycles. The third-order valence-corrected chi connectivity index (χ3v) is 11.8. The van der Waals surface area contributed by atoms with Gasteiger partial charge in [0, 0.05) is 19.3 Å². The van der Waals surface area contributed by atoms with Gasteiger partial charge in [-0.25, -0.2) is 0 Å². The van der Waals surface area contributed by atoms with Gasteiger partial charge in [0.25, 0.3) is 0 Å². The smallest absolute Gasteiger partial charge is 0.306 e. The molecule has 0 radical (unpaired) electrons. The summed E-state index contributed by atoms with van der Waals surface area (Å²) < 4.78 is 16.8. The monoisotopic (exact) mass is 945 g/mol. The highest BCUT2D eigenvalue weighted by Crippen LogP contribution is 2.14. The van der Waals surface area contributed by atoms with E-state index in [0.29, 0.717) is 19.3 Å². The highest BCUT2D eigenvalue weighted by molar-refractivity contribution is 5.71. The molecule has 0 aromatic heterocycles. The Bertz CT molecular complexity index is 1360. The van der Waals surface area contributed by atoms with Crippen molar-refractivity contribution in [2.45, 2.75) is 264 Å². The number of esters is 3. The second-order valence-corrected chi connectivity index (χ2v) is 18.5. The second kappa shape index (κ2) is 55.9. The van der Waals surface area contributed by atoms with Gasteiger partial charge in [0.05, 0.1) is 0 Å². The average Bonchev–Trinajstić information content (AvgIpc) is 3.34. The Labute approximate surface area is 419 Å². The fraction of sp³-hybridized carbons (Fsp3) is 0.694. The van der Waals surface area contributed by atoms with Crippen LogP contribution in [0.4, 0.5) is 0 Å². The molecule has 0 aliphatic carbocycles. The van der Waals surface area contributed by atoms with Crippen molar-refractivity contribution in [3.05, 3.63) is 97.2 Å². The predicted octanol–water partition coefficient (Wildman–Crippen LogP) is 18.9. The van der Waals surface area contributed by atoms with Crippen LogP contribution in [0.5, 0.6) is 0 Å². The summed E-state index contributed by atoms with van der Waals surface area (Å²) in [6.45, 7) is 6.44. The van der Waals surface area contributed by atoms with E-state index in [1.165, 1.54) is 83.5 Å². The number of carbonyl (C=O) groups is 3. The lowest BCUT2D eigenvalue weighted by molar-refractivity contribution is -0.167. The van der Waals surface area contributed by atoms with Crippen molar-refractivity contribution in [2.75, 3.05) is 13.2 Å². The average molecular weight is 946 g/mol. The van der Waals surface area contributed by atoms with Gasteiger partial charge in [-0.3, -0.25) is 14.4 Å². The molecule has 0 saturated heterocycles. The van der Waals surface area contributed by atoms with Gasteiger partial charge in [0.15, 0.2) is 6.10 Å². The first kappa shape index (κ1) is 64.3. The Hall–Kier alpha value is -3.67. The number of hydrogen-bond acceptors (Lipinski definition) is 6. The van der Waals surface area contributed by atoms with Crippen LogP contribution in [-0.4, -0.2) is 37.2 Å². The van der Waals surface area contributed by atoms with Gasteiger partial charge in [-0.1, -0.05) is 221 Å². The standard InChI is InChI=1S/C62H104O6/c1-4-7-10-13-16-19-22-24-26-28-29-30-31-32-33-34-36-37-40-43-46-49-52-55-61(64)67-58-59(57-66-60(63)54-51-48-45-42-39-21-18-15-12-9-6-3)68-62(65)56-53-50-47-44-41-38-35-27-25-23-20-17-14-11-8-5-2/h7,10,15-16,18-20,23-24,26-27,29-30,32-33,35,59H,4-6,8-9,11-14,17,21-22,25,28,31,34,36-58H2,1-3H3/b10-7-,18-15-,19-16-,23-20-,26-24-,30-29-,33-32-,35-27-. The number of ether oxygens (including phenoxy) is 3. The molecule has 0 spiro atoms. The molecule has 0 saturated carbocycles. The summed E-state index contributed by atoms with van der Waals surface area (Å²) in [5.74, 6) is -0.925. The Morgan fingerprint density at radius 1 is 0.309 bits per heavy atom. The third kappa shape index (κ3) is 53.3. The number of allylic oxidation sites excluding steroid dienone is 16. The minimum absolute atomic E-state index is 0.0917. The lowest BCUT2D eigenvalue weighted by Crippen LogP contribution is -2.30. The summed E-state index contributed by atoms with van der Waals surface area (Å²) in [6, 6.07) is 0. The van der Waals surface area contributed by atoms with E-state index in [9.17, 15) is 14.4 Å². The van der Waals surface area contributed by atoms with Crippen LogP contribution < -0.4 is 0 Å². The van der Waals surface area contributed by atoms with Crippen molar-refractivity contribution in [1.82, 2.24) is 0 Å². The fourth-order valence-corrected chi connectivity index (χ4v) is 7.54. The molecule has 0 aromatic carbocycles. The molecule has 68 heavy (non-hydrogen) atoms. The van der Waals surface area contributed by atoms with Gasteiger partial charge in [-0.2, -0.15) is 0 Å². The van der Waals surface area contributed by atoms with E-state index < -0.39 is 6.10 Å². The van der Waals surface area contributed by atoms with Crippen LogP contribution in [0.2, 0.25) is 0 Å². The second-order valence-electron chi connectivity index (χ2n) is 18.5. The van der Waals surface area contributed by atoms with E-state index in [2.05, 4.69) is 118 Å². The SMILES string of the molecule is CC/C=C\C/C=C\C/C=C\C/C=C\C/C=C\CCCCCCCCCC(=O)OCC(COC(=O)CCCCCCC/C=C\CCCC)OC(=O)CCCCCCC/C=C\C/C=C\CCCCCC. The van der Waals surface area contributed by atoms with E-state index in [-0.39, 0.29) is 31.1 Å². The first-order valence-corrected chi connectivity index (χ1v) is 28.2. The Balaban J connectivity index is 4.37. The minimum atomic E-state index is -0.793. The molecular formula is C62H104O6. The van der Waals surface area contributed by atoms with E-state index >= 15 is 0 Å². The molecule has 0 amide bonds. The van der Waals surface area contributed by atoms with E-state index in [4.69, 9.17) is 14.2 Å². The van der Waals surface area contributed by atoms with Crippen molar-refractivity contribution < 1.29 is 28.6 Å². The van der Waals surface area contributed by atoms with Gasteiger partial charge in [-0.15, -0.1) is 0 Å². The van der Waals surface area contributed by atoms with Crippen molar-refractivity contribution in [3.8, 4) is 0 Å². The number of rotatable bonds is 50. The van der Waals surface area contributed by atoms with Gasteiger partial charge < -0.3 is 14.2 Å². The molecule has 388 valence electrons. The maximum absolute atomic E-state index is 12.8. The molecule has 0 bridgehead atoms. The normalized spacial score (nSPS) is 12.8. The summed E-state index contributed by atoms with van der Waals surface area (Å²) >= 11 is 0. The summed E-state index contributed by atoms with van der Waals surface area (Å²) in [5, 5.41) is 0. The molecule has 0 aliphatic rings. The summed E-state index contributed by atoms with van der Waals surface area (Å²) in [5.41, 5.74) is 0. The van der Waals surface area contributed by atoms with Crippen molar-refractivity contribution in [1.29, 1.82) is 0 Å². The lowest BCUT2D eigenvalue weighted by atomic mass is 10.1. The molecule has 0 N–H and O–H groups in total. The summed E-state index contributed by atoms with van der Waals surface area (Å²) in [6.07, 6.45) is 73.9. The number of hydrogen-bond donors (Lipinski definition) is 0. The first-order valence-electron chi connectivity index (χ1n) is 28.2. The van der Waals surface area contributed by atoms with Crippen LogP contribution in [0.3, 0.4) is 0 Å². The number of unbranched alkanes of at least 4 members (excludes halogenated alkanes) is 23. The summed E-state index contributed by atoms with van der Waals surface area (Å²) in [4.78, 5) is 38.1. The van der Waals surface area contributed by atoms with Crippen LogP contribution in [-0.2, 0) is 28.6 Å². The van der Waals surface area contributed by atoms with E-state index in [1.54, 1.807) is 0 Å².